The van der Waals surface area contributed by atoms with Crippen LogP contribution in [-0.4, -0.2) is 19.1 Å². The van der Waals surface area contributed by atoms with E-state index in [9.17, 15) is 4.79 Å². The van der Waals surface area contributed by atoms with Crippen LogP contribution in [0.25, 0.3) is 0 Å². The molecular formula is C12H14ClNO2. The molecule has 3 nitrogen and oxygen atoms in total. The highest BCUT2D eigenvalue weighted by Gasteiger charge is 2.44. The van der Waals surface area contributed by atoms with Gasteiger partial charge in [0.25, 0.3) is 0 Å². The molecule has 2 rings (SSSR count). The molecule has 1 N–H and O–H groups in total. The van der Waals surface area contributed by atoms with Crippen LogP contribution in [0.3, 0.4) is 0 Å². The lowest BCUT2D eigenvalue weighted by atomic mass is 9.82. The van der Waals surface area contributed by atoms with Gasteiger partial charge in [0.05, 0.1) is 18.6 Å². The van der Waals surface area contributed by atoms with Crippen molar-refractivity contribution >= 4 is 23.2 Å². The number of hydrogen-bond acceptors (Lipinski definition) is 2. The van der Waals surface area contributed by atoms with Crippen molar-refractivity contribution in [2.45, 2.75) is 13.3 Å². The zero-order chi connectivity index (χ0) is 11.6. The first-order valence-electron chi connectivity index (χ1n) is 5.31. The van der Waals surface area contributed by atoms with Gasteiger partial charge in [-0.2, -0.15) is 0 Å². The average molecular weight is 240 g/mol. The van der Waals surface area contributed by atoms with Crippen LogP contribution in [0.15, 0.2) is 24.3 Å². The summed E-state index contributed by atoms with van der Waals surface area (Å²) >= 11 is 5.85. The standard InChI is InChI=1S/C12H14ClNO2/c1-2-12(7-16-8-12)11(15)14-10-5-3-4-9(13)6-10/h3-6H,2,7-8H2,1H3,(H,14,15). The second kappa shape index (κ2) is 4.44. The zero-order valence-electron chi connectivity index (χ0n) is 9.13. The first-order chi connectivity index (χ1) is 7.66. The van der Waals surface area contributed by atoms with Crippen molar-refractivity contribution in [2.75, 3.05) is 18.5 Å². The molecule has 0 saturated carbocycles. The number of carbonyl (C=O) groups excluding carboxylic acids is 1. The van der Waals surface area contributed by atoms with Gasteiger partial charge in [-0.15, -0.1) is 0 Å². The van der Waals surface area contributed by atoms with Gasteiger partial charge in [0, 0.05) is 10.7 Å². The molecule has 1 fully saturated rings. The molecular weight excluding hydrogens is 226 g/mol. The smallest absolute Gasteiger partial charge is 0.235 e. The third-order valence-corrected chi connectivity index (χ3v) is 3.23. The average Bonchev–Trinajstić information content (AvgIpc) is 2.16. The van der Waals surface area contributed by atoms with Gasteiger partial charge in [-0.25, -0.2) is 0 Å². The van der Waals surface area contributed by atoms with Crippen molar-refractivity contribution in [2.24, 2.45) is 5.41 Å². The summed E-state index contributed by atoms with van der Waals surface area (Å²) in [5, 5.41) is 3.49. The monoisotopic (exact) mass is 239 g/mol. The lowest BCUT2D eigenvalue weighted by molar-refractivity contribution is -0.156. The van der Waals surface area contributed by atoms with Gasteiger partial charge >= 0.3 is 0 Å². The van der Waals surface area contributed by atoms with Crippen molar-refractivity contribution in [3.63, 3.8) is 0 Å². The van der Waals surface area contributed by atoms with E-state index in [0.29, 0.717) is 18.2 Å². The highest BCUT2D eigenvalue weighted by atomic mass is 35.5. The van der Waals surface area contributed by atoms with E-state index in [1.165, 1.54) is 0 Å². The van der Waals surface area contributed by atoms with Crippen LogP contribution >= 0.6 is 11.6 Å². The van der Waals surface area contributed by atoms with Gasteiger partial charge in [0.2, 0.25) is 5.91 Å². The number of amides is 1. The lowest BCUT2D eigenvalue weighted by Gasteiger charge is -2.38. The van der Waals surface area contributed by atoms with E-state index >= 15 is 0 Å². The molecule has 1 heterocycles. The van der Waals surface area contributed by atoms with E-state index in [0.717, 1.165) is 12.1 Å². The Bertz CT molecular complexity index is 396. The van der Waals surface area contributed by atoms with Gasteiger partial charge < -0.3 is 10.1 Å². The summed E-state index contributed by atoms with van der Waals surface area (Å²) in [6.07, 6.45) is 0.791. The maximum Gasteiger partial charge on any atom is 0.235 e. The molecule has 1 amide bonds. The molecule has 1 aliphatic heterocycles. The second-order valence-electron chi connectivity index (χ2n) is 4.09. The number of halogens is 1. The van der Waals surface area contributed by atoms with Crippen LogP contribution < -0.4 is 5.32 Å². The topological polar surface area (TPSA) is 38.3 Å². The van der Waals surface area contributed by atoms with E-state index in [2.05, 4.69) is 5.32 Å². The Kier molecular flexibility index (Phi) is 3.17. The molecule has 0 unspecified atom stereocenters. The summed E-state index contributed by atoms with van der Waals surface area (Å²) < 4.78 is 5.12. The molecule has 0 aliphatic carbocycles. The number of hydrogen-bond donors (Lipinski definition) is 1. The van der Waals surface area contributed by atoms with Gasteiger partial charge in [-0.1, -0.05) is 24.6 Å². The fraction of sp³-hybridized carbons (Fsp3) is 0.417. The number of nitrogens with one attached hydrogen (secondary N) is 1. The number of ether oxygens (including phenoxy) is 1. The summed E-state index contributed by atoms with van der Waals surface area (Å²) in [4.78, 5) is 12.0. The van der Waals surface area contributed by atoms with Crippen molar-refractivity contribution in [1.29, 1.82) is 0 Å². The minimum atomic E-state index is -0.345. The number of rotatable bonds is 3. The molecule has 0 bridgehead atoms. The lowest BCUT2D eigenvalue weighted by Crippen LogP contribution is -2.51. The Morgan fingerprint density at radius 3 is 2.81 bits per heavy atom. The Labute approximate surface area is 99.7 Å². The molecule has 1 aromatic rings. The Morgan fingerprint density at radius 1 is 1.56 bits per heavy atom. The molecule has 0 aromatic heterocycles. The van der Waals surface area contributed by atoms with Crippen molar-refractivity contribution < 1.29 is 9.53 Å². The van der Waals surface area contributed by atoms with Crippen LogP contribution in [-0.2, 0) is 9.53 Å². The van der Waals surface area contributed by atoms with E-state index in [4.69, 9.17) is 16.3 Å². The van der Waals surface area contributed by atoms with Crippen molar-refractivity contribution in [3.8, 4) is 0 Å². The molecule has 4 heteroatoms. The maximum absolute atomic E-state index is 12.0. The highest BCUT2D eigenvalue weighted by Crippen LogP contribution is 2.32. The summed E-state index contributed by atoms with van der Waals surface area (Å²) in [5.41, 5.74) is 0.389. The zero-order valence-corrected chi connectivity index (χ0v) is 9.88. The fourth-order valence-electron chi connectivity index (χ4n) is 1.67. The van der Waals surface area contributed by atoms with E-state index in [1.54, 1.807) is 12.1 Å². The molecule has 16 heavy (non-hydrogen) atoms. The fourth-order valence-corrected chi connectivity index (χ4v) is 1.86. The Morgan fingerprint density at radius 2 is 2.31 bits per heavy atom. The van der Waals surface area contributed by atoms with Crippen molar-refractivity contribution in [1.82, 2.24) is 0 Å². The van der Waals surface area contributed by atoms with Gasteiger partial charge in [0.1, 0.15) is 0 Å². The third kappa shape index (κ3) is 2.06. The molecule has 0 radical (unpaired) electrons. The number of benzene rings is 1. The van der Waals surface area contributed by atoms with E-state index in [-0.39, 0.29) is 11.3 Å². The number of carbonyl (C=O) groups is 1. The van der Waals surface area contributed by atoms with Gasteiger partial charge in [-0.05, 0) is 24.6 Å². The minimum Gasteiger partial charge on any atom is -0.379 e. The molecule has 1 aliphatic rings. The highest BCUT2D eigenvalue weighted by molar-refractivity contribution is 6.30. The number of anilines is 1. The van der Waals surface area contributed by atoms with E-state index < -0.39 is 0 Å². The Balaban J connectivity index is 2.07. The predicted molar refractivity (Wildman–Crippen MR) is 63.6 cm³/mol. The van der Waals surface area contributed by atoms with Crippen molar-refractivity contribution in [3.05, 3.63) is 29.3 Å². The summed E-state index contributed by atoms with van der Waals surface area (Å²) in [6.45, 7) is 3.02. The van der Waals surface area contributed by atoms with Crippen LogP contribution in [0.4, 0.5) is 5.69 Å². The molecule has 1 saturated heterocycles. The summed E-state index contributed by atoms with van der Waals surface area (Å²) in [6, 6.07) is 7.15. The first-order valence-corrected chi connectivity index (χ1v) is 5.69. The largest absolute Gasteiger partial charge is 0.379 e. The summed E-state index contributed by atoms with van der Waals surface area (Å²) in [5.74, 6) is 0.0171. The van der Waals surface area contributed by atoms with Crippen LogP contribution in [0.2, 0.25) is 5.02 Å². The van der Waals surface area contributed by atoms with Crippen LogP contribution in [0.1, 0.15) is 13.3 Å². The quantitative estimate of drug-likeness (QED) is 0.881. The van der Waals surface area contributed by atoms with Crippen LogP contribution in [0.5, 0.6) is 0 Å². The maximum atomic E-state index is 12.0. The SMILES string of the molecule is CCC1(C(=O)Nc2cccc(Cl)c2)COC1. The predicted octanol–water partition coefficient (Wildman–Crippen LogP) is 2.71. The van der Waals surface area contributed by atoms with Crippen LogP contribution in [0, 0.1) is 5.41 Å². The molecule has 1 aromatic carbocycles. The van der Waals surface area contributed by atoms with Gasteiger partial charge in [-0.3, -0.25) is 4.79 Å². The molecule has 0 atom stereocenters. The summed E-state index contributed by atoms with van der Waals surface area (Å²) in [7, 11) is 0. The normalized spacial score (nSPS) is 17.6. The van der Waals surface area contributed by atoms with Gasteiger partial charge in [0.15, 0.2) is 0 Å². The Hall–Kier alpha value is -1.06. The minimum absolute atomic E-state index is 0.0171. The molecule has 0 spiro atoms. The first kappa shape index (κ1) is 11.4. The third-order valence-electron chi connectivity index (χ3n) is 3.00. The van der Waals surface area contributed by atoms with E-state index in [1.807, 2.05) is 19.1 Å². The molecule has 86 valence electrons. The second-order valence-corrected chi connectivity index (χ2v) is 4.53.